The molecule has 10 saturated heterocycles. The molecule has 1 spiro atoms. The zero-order chi connectivity index (χ0) is 35.9. The SMILES string of the molecule is C=C1C(C)CC2CC[C@@H]3OC(CC[C@@]45CC6OC7C(O4)[C@H]4OC(CCC4O[C@H]7C6O5)CC(=O)CC4[C@@H](OC)C(C[C@H](O)CO)O[C@H]4CC1O2)CC3=C. The van der Waals surface area contributed by atoms with Crippen LogP contribution in [0.4, 0.5) is 0 Å². The van der Waals surface area contributed by atoms with Crippen LogP contribution in [0.1, 0.15) is 90.4 Å². The Labute approximate surface area is 306 Å². The largest absolute Gasteiger partial charge is 0.394 e. The number of Topliss-reactive ketones (excluding diaryl/α,β-unsaturated/α-hetero) is 1. The average molecular weight is 731 g/mol. The second-order valence-electron chi connectivity index (χ2n) is 17.4. The third kappa shape index (κ3) is 6.59. The molecule has 10 aliphatic heterocycles. The van der Waals surface area contributed by atoms with Crippen molar-refractivity contribution in [3.63, 3.8) is 0 Å². The lowest BCUT2D eigenvalue weighted by molar-refractivity contribution is -0.292. The Morgan fingerprint density at radius 3 is 2.37 bits per heavy atom. The van der Waals surface area contributed by atoms with Gasteiger partial charge in [-0.2, -0.15) is 0 Å². The Hall–Kier alpha value is -1.29. The van der Waals surface area contributed by atoms with Gasteiger partial charge < -0.3 is 52.8 Å². The van der Waals surface area contributed by atoms with E-state index in [0.29, 0.717) is 25.7 Å². The van der Waals surface area contributed by atoms with Crippen LogP contribution in [0.5, 0.6) is 0 Å². The predicted octanol–water partition coefficient (Wildman–Crippen LogP) is 3.47. The molecule has 2 N–H and O–H groups in total. The summed E-state index contributed by atoms with van der Waals surface area (Å²) in [5.74, 6) is -0.709. The van der Waals surface area contributed by atoms with Crippen LogP contribution in [0.25, 0.3) is 0 Å². The molecule has 0 aliphatic carbocycles. The standard InChI is InChI=1S/C40H58O12/c1-19-11-24-5-7-28-20(2)12-26(45-28)9-10-40-17-33-36(51-40)37-38(50-33)39(52-40)35-29(49-37)8-6-25(47-35)13-22(42)14-27-31(16-30(46-24)21(19)3)48-32(34(27)44-4)15-23(43)18-41/h19,23-39,41,43H,2-3,5-18H2,1,4H3/t19?,23-,24?,25?,26?,27?,28-,29?,30?,31-,32?,33?,34+,35-,36?,37-,38?,39?,40-/m0/s1. The number of carbonyl (C=O) groups is 1. The van der Waals surface area contributed by atoms with Crippen molar-refractivity contribution >= 4 is 5.78 Å². The van der Waals surface area contributed by atoms with E-state index in [0.717, 1.165) is 49.7 Å². The molecule has 0 saturated carbocycles. The fraction of sp³-hybridized carbons (Fsp3) is 0.875. The minimum Gasteiger partial charge on any atom is -0.394 e. The third-order valence-electron chi connectivity index (χ3n) is 13.9. The van der Waals surface area contributed by atoms with Crippen LogP contribution >= 0.6 is 0 Å². The topological polar surface area (TPSA) is 141 Å². The van der Waals surface area contributed by atoms with Gasteiger partial charge in [0.25, 0.3) is 0 Å². The number of fused-ring (bicyclic) bond motifs is 6. The molecule has 12 heteroatoms. The molecule has 10 heterocycles. The summed E-state index contributed by atoms with van der Waals surface area (Å²) >= 11 is 0. The van der Waals surface area contributed by atoms with Gasteiger partial charge in [0.2, 0.25) is 0 Å². The number of methoxy groups -OCH3 is 1. The van der Waals surface area contributed by atoms with E-state index < -0.39 is 24.1 Å². The summed E-state index contributed by atoms with van der Waals surface area (Å²) in [5.41, 5.74) is 2.17. The van der Waals surface area contributed by atoms with Gasteiger partial charge in [0, 0.05) is 51.6 Å². The van der Waals surface area contributed by atoms with Crippen LogP contribution in [-0.4, -0.2) is 133 Å². The molecule has 0 radical (unpaired) electrons. The quantitative estimate of drug-likeness (QED) is 0.410. The first-order valence-electron chi connectivity index (χ1n) is 20.1. The molecular formula is C40H58O12. The minimum atomic E-state index is -0.951. The zero-order valence-electron chi connectivity index (χ0n) is 30.7. The molecule has 0 aromatic heterocycles. The van der Waals surface area contributed by atoms with Gasteiger partial charge in [-0.15, -0.1) is 0 Å². The molecule has 12 unspecified atom stereocenters. The zero-order valence-corrected chi connectivity index (χ0v) is 30.7. The molecule has 0 aromatic carbocycles. The first kappa shape index (κ1) is 36.4. The van der Waals surface area contributed by atoms with Gasteiger partial charge in [-0.3, -0.25) is 4.79 Å². The Balaban J connectivity index is 0.994. The Morgan fingerprint density at radius 2 is 1.54 bits per heavy atom. The van der Waals surface area contributed by atoms with Crippen molar-refractivity contribution in [2.75, 3.05) is 13.7 Å². The summed E-state index contributed by atoms with van der Waals surface area (Å²) in [5, 5.41) is 20.1. The van der Waals surface area contributed by atoms with Crippen LogP contribution in [0, 0.1) is 11.8 Å². The maximum absolute atomic E-state index is 14.0. The normalized spacial score (nSPS) is 52.4. The minimum absolute atomic E-state index is 0.0260. The highest BCUT2D eigenvalue weighted by atomic mass is 16.8. The van der Waals surface area contributed by atoms with Gasteiger partial charge >= 0.3 is 0 Å². The van der Waals surface area contributed by atoms with E-state index in [1.54, 1.807) is 7.11 Å². The number of aliphatic hydroxyl groups excluding tert-OH is 2. The highest BCUT2D eigenvalue weighted by molar-refractivity contribution is 5.79. The van der Waals surface area contributed by atoms with Crippen molar-refractivity contribution in [3.8, 4) is 0 Å². The van der Waals surface area contributed by atoms with Crippen LogP contribution < -0.4 is 0 Å². The summed E-state index contributed by atoms with van der Waals surface area (Å²) in [4.78, 5) is 14.0. The monoisotopic (exact) mass is 730 g/mol. The van der Waals surface area contributed by atoms with E-state index in [1.165, 1.54) is 0 Å². The Morgan fingerprint density at radius 1 is 0.788 bits per heavy atom. The summed E-state index contributed by atoms with van der Waals surface area (Å²) < 4.78 is 59.8. The van der Waals surface area contributed by atoms with E-state index in [1.807, 2.05) is 0 Å². The molecule has 52 heavy (non-hydrogen) atoms. The van der Waals surface area contributed by atoms with Gasteiger partial charge in [0.15, 0.2) is 5.79 Å². The van der Waals surface area contributed by atoms with Gasteiger partial charge in [0.1, 0.15) is 36.3 Å². The molecule has 0 aromatic rings. The van der Waals surface area contributed by atoms with Crippen molar-refractivity contribution in [2.24, 2.45) is 11.8 Å². The summed E-state index contributed by atoms with van der Waals surface area (Å²) in [6.45, 7) is 10.7. The molecule has 12 bridgehead atoms. The molecular weight excluding hydrogens is 672 g/mol. The number of hydrogen-bond acceptors (Lipinski definition) is 12. The number of aliphatic hydroxyl groups is 2. The molecule has 12 nitrogen and oxygen atoms in total. The van der Waals surface area contributed by atoms with Crippen molar-refractivity contribution < 1.29 is 57.6 Å². The fourth-order valence-electron chi connectivity index (χ4n) is 11.3. The fourth-order valence-corrected chi connectivity index (χ4v) is 11.3. The number of ketones is 1. The lowest BCUT2D eigenvalue weighted by atomic mass is 9.81. The van der Waals surface area contributed by atoms with Gasteiger partial charge in [0.05, 0.1) is 73.8 Å². The highest BCUT2D eigenvalue weighted by Crippen LogP contribution is 2.54. The van der Waals surface area contributed by atoms with Crippen LogP contribution in [-0.2, 0) is 47.4 Å². The lowest BCUT2D eigenvalue weighted by Crippen LogP contribution is -2.61. The maximum atomic E-state index is 14.0. The van der Waals surface area contributed by atoms with Gasteiger partial charge in [-0.25, -0.2) is 0 Å². The number of rotatable bonds is 4. The summed E-state index contributed by atoms with van der Waals surface area (Å²) in [7, 11) is 1.63. The summed E-state index contributed by atoms with van der Waals surface area (Å²) in [6, 6.07) is 0. The highest BCUT2D eigenvalue weighted by Gasteiger charge is 2.68. The van der Waals surface area contributed by atoms with Crippen molar-refractivity contribution in [1.82, 2.24) is 0 Å². The molecule has 0 amide bonds. The predicted molar refractivity (Wildman–Crippen MR) is 184 cm³/mol. The maximum Gasteiger partial charge on any atom is 0.172 e. The van der Waals surface area contributed by atoms with E-state index in [9.17, 15) is 15.0 Å². The average Bonchev–Trinajstić information content (AvgIpc) is 3.79. The molecule has 10 rings (SSSR count). The van der Waals surface area contributed by atoms with Crippen molar-refractivity contribution in [2.45, 2.75) is 194 Å². The van der Waals surface area contributed by atoms with Crippen LogP contribution in [0.2, 0.25) is 0 Å². The van der Waals surface area contributed by atoms with E-state index in [2.05, 4.69) is 20.1 Å². The first-order valence-corrected chi connectivity index (χ1v) is 20.1. The van der Waals surface area contributed by atoms with Gasteiger partial charge in [-0.05, 0) is 62.0 Å². The van der Waals surface area contributed by atoms with Crippen molar-refractivity contribution in [3.05, 3.63) is 24.3 Å². The lowest BCUT2D eigenvalue weighted by Gasteiger charge is -2.47. The second kappa shape index (κ2) is 14.3. The van der Waals surface area contributed by atoms with E-state index >= 15 is 0 Å². The molecule has 290 valence electrons. The van der Waals surface area contributed by atoms with Gasteiger partial charge in [-0.1, -0.05) is 20.1 Å². The number of hydrogen-bond donors (Lipinski definition) is 2. The van der Waals surface area contributed by atoms with Crippen molar-refractivity contribution in [1.29, 1.82) is 0 Å². The Kier molecular flexibility index (Phi) is 10.0. The second-order valence-corrected chi connectivity index (χ2v) is 17.4. The van der Waals surface area contributed by atoms with E-state index in [-0.39, 0.29) is 123 Å². The van der Waals surface area contributed by atoms with Crippen LogP contribution in [0.3, 0.4) is 0 Å². The molecule has 10 aliphatic rings. The summed E-state index contributed by atoms with van der Waals surface area (Å²) in [6.07, 6.45) is 4.01. The molecule has 19 atom stereocenters. The molecule has 10 fully saturated rings. The number of ether oxygens (including phenoxy) is 9. The van der Waals surface area contributed by atoms with E-state index in [4.69, 9.17) is 42.6 Å². The van der Waals surface area contributed by atoms with Crippen LogP contribution in [0.15, 0.2) is 24.3 Å². The first-order chi connectivity index (χ1) is 25.1. The smallest absolute Gasteiger partial charge is 0.172 e. The third-order valence-corrected chi connectivity index (χ3v) is 13.9. The Bertz CT molecular complexity index is 1370. The number of carbonyl (C=O) groups excluding carboxylic acids is 1.